The summed E-state index contributed by atoms with van der Waals surface area (Å²) in [5, 5.41) is 14.0. The van der Waals surface area contributed by atoms with Crippen LogP contribution in [0.4, 0.5) is 0 Å². The highest BCUT2D eigenvalue weighted by Crippen LogP contribution is 2.56. The van der Waals surface area contributed by atoms with E-state index in [4.69, 9.17) is 21.1 Å². The number of hydrogen-bond donors (Lipinski definition) is 1. The number of rotatable bonds is 3. The van der Waals surface area contributed by atoms with Gasteiger partial charge in [-0.2, -0.15) is 0 Å². The summed E-state index contributed by atoms with van der Waals surface area (Å²) < 4.78 is 13.9. The summed E-state index contributed by atoms with van der Waals surface area (Å²) in [5.41, 5.74) is -0.195. The minimum Gasteiger partial charge on any atom is -0.411 e. The van der Waals surface area contributed by atoms with Gasteiger partial charge >= 0.3 is 0 Å². The molecule has 0 amide bonds. The molecule has 1 aliphatic heterocycles. The Bertz CT molecular complexity index is 1000. The van der Waals surface area contributed by atoms with Crippen LogP contribution < -0.4 is 0 Å². The van der Waals surface area contributed by atoms with Crippen LogP contribution in [0.25, 0.3) is 5.82 Å². The van der Waals surface area contributed by atoms with E-state index in [1.165, 1.54) is 0 Å². The van der Waals surface area contributed by atoms with E-state index >= 15 is 0 Å². The number of carbonyl (C=O) groups excluding carboxylic acids is 1. The van der Waals surface area contributed by atoms with E-state index in [1.807, 2.05) is 0 Å². The SMILES string of the molecule is O=C(c1nc(Cl)cc(-n2ccnc2)n1)C1CCC[C@@]2(CCCCC23OCCO3)/C1=N/O. The molecule has 0 radical (unpaired) electrons. The Balaban J connectivity index is 1.53. The van der Waals surface area contributed by atoms with Crippen molar-refractivity contribution in [1.82, 2.24) is 19.5 Å². The zero-order valence-corrected chi connectivity index (χ0v) is 17.8. The maximum Gasteiger partial charge on any atom is 0.208 e. The van der Waals surface area contributed by atoms with Crippen molar-refractivity contribution in [2.45, 2.75) is 50.7 Å². The quantitative estimate of drug-likeness (QED) is 0.333. The monoisotopic (exact) mass is 445 g/mol. The molecule has 2 aliphatic carbocycles. The fourth-order valence-corrected chi connectivity index (χ4v) is 5.73. The van der Waals surface area contributed by atoms with Crippen molar-refractivity contribution in [2.75, 3.05) is 13.2 Å². The summed E-state index contributed by atoms with van der Waals surface area (Å²) in [6.07, 6.45) is 10.4. The highest BCUT2D eigenvalue weighted by atomic mass is 35.5. The van der Waals surface area contributed by atoms with Gasteiger partial charge in [-0.1, -0.05) is 29.6 Å². The fraction of sp³-hybridized carbons (Fsp3) is 0.571. The minimum absolute atomic E-state index is 0.00230. The lowest BCUT2D eigenvalue weighted by Gasteiger charge is -2.53. The second-order valence-corrected chi connectivity index (χ2v) is 8.76. The zero-order chi connectivity index (χ0) is 21.5. The number of aromatic nitrogens is 4. The molecule has 3 heterocycles. The molecule has 2 atom stereocenters. The van der Waals surface area contributed by atoms with E-state index in [1.54, 1.807) is 29.4 Å². The average Bonchev–Trinajstić information content (AvgIpc) is 3.48. The van der Waals surface area contributed by atoms with Crippen molar-refractivity contribution in [1.29, 1.82) is 0 Å². The van der Waals surface area contributed by atoms with Gasteiger partial charge in [0.05, 0.1) is 30.3 Å². The Morgan fingerprint density at radius 1 is 1.19 bits per heavy atom. The minimum atomic E-state index is -0.830. The van der Waals surface area contributed by atoms with E-state index in [0.29, 0.717) is 31.2 Å². The Morgan fingerprint density at radius 2 is 1.97 bits per heavy atom. The summed E-state index contributed by atoms with van der Waals surface area (Å²) in [6, 6.07) is 1.57. The highest BCUT2D eigenvalue weighted by Gasteiger charge is 2.62. The Hall–Kier alpha value is -2.36. The van der Waals surface area contributed by atoms with Gasteiger partial charge in [0.1, 0.15) is 17.3 Å². The summed E-state index contributed by atoms with van der Waals surface area (Å²) in [7, 11) is 0. The Morgan fingerprint density at radius 3 is 2.71 bits per heavy atom. The second-order valence-electron chi connectivity index (χ2n) is 8.38. The number of imidazole rings is 1. The zero-order valence-electron chi connectivity index (χ0n) is 17.0. The molecule has 1 unspecified atom stereocenters. The average molecular weight is 446 g/mol. The normalized spacial score (nSPS) is 29.1. The van der Waals surface area contributed by atoms with Crippen LogP contribution in [0.5, 0.6) is 0 Å². The van der Waals surface area contributed by atoms with Crippen LogP contribution in [0.1, 0.15) is 55.6 Å². The molecule has 2 saturated carbocycles. The molecule has 3 fully saturated rings. The van der Waals surface area contributed by atoms with Gasteiger partial charge in [-0.3, -0.25) is 9.36 Å². The lowest BCUT2D eigenvalue weighted by Crippen LogP contribution is -2.60. The Labute approximate surface area is 184 Å². The molecule has 31 heavy (non-hydrogen) atoms. The largest absolute Gasteiger partial charge is 0.411 e. The maximum absolute atomic E-state index is 13.6. The van der Waals surface area contributed by atoms with Crippen molar-refractivity contribution in [3.63, 3.8) is 0 Å². The summed E-state index contributed by atoms with van der Waals surface area (Å²) in [4.78, 5) is 26.2. The first-order chi connectivity index (χ1) is 15.1. The van der Waals surface area contributed by atoms with E-state index in [2.05, 4.69) is 20.1 Å². The van der Waals surface area contributed by atoms with Gasteiger partial charge in [0.25, 0.3) is 0 Å². The molecule has 0 bridgehead atoms. The van der Waals surface area contributed by atoms with Crippen molar-refractivity contribution >= 4 is 23.1 Å². The summed E-state index contributed by atoms with van der Waals surface area (Å²) in [6.45, 7) is 1.01. The standard InChI is InChI=1S/C21H24ClN5O4/c22-15-12-16(27-9-8-23-13-27)25-19(24-15)17(28)14-4-3-6-20(18(14)26-29)5-1-2-7-21(20)30-10-11-31-21/h8-9,12-14,29H,1-7,10-11H2/b26-18+/t14?,20-/m0/s1. The first-order valence-corrected chi connectivity index (χ1v) is 11.0. The molecule has 1 N–H and O–H groups in total. The van der Waals surface area contributed by atoms with Crippen LogP contribution >= 0.6 is 11.6 Å². The first-order valence-electron chi connectivity index (χ1n) is 10.7. The third-order valence-corrected chi connectivity index (χ3v) is 7.05. The molecule has 2 aromatic heterocycles. The van der Waals surface area contributed by atoms with Gasteiger partial charge in [0.15, 0.2) is 11.6 Å². The van der Waals surface area contributed by atoms with E-state index < -0.39 is 17.1 Å². The molecular formula is C21H24ClN5O4. The third-order valence-electron chi connectivity index (χ3n) is 6.85. The van der Waals surface area contributed by atoms with E-state index in [9.17, 15) is 10.0 Å². The van der Waals surface area contributed by atoms with Gasteiger partial charge in [0, 0.05) is 24.9 Å². The highest BCUT2D eigenvalue weighted by molar-refractivity contribution is 6.29. The van der Waals surface area contributed by atoms with E-state index in [0.717, 1.165) is 38.5 Å². The topological polar surface area (TPSA) is 112 Å². The molecule has 2 spiro atoms. The summed E-state index contributed by atoms with van der Waals surface area (Å²) in [5.74, 6) is -1.35. The second kappa shape index (κ2) is 7.96. The smallest absolute Gasteiger partial charge is 0.208 e. The van der Waals surface area contributed by atoms with Crippen LogP contribution in [-0.4, -0.2) is 55.2 Å². The predicted molar refractivity (Wildman–Crippen MR) is 111 cm³/mol. The maximum atomic E-state index is 13.6. The fourth-order valence-electron chi connectivity index (χ4n) is 5.55. The number of nitrogens with zero attached hydrogens (tertiary/aromatic N) is 5. The predicted octanol–water partition coefficient (Wildman–Crippen LogP) is 3.43. The number of Topliss-reactive ketones (excluding diaryl/α,β-unsaturated/α-hetero) is 1. The van der Waals surface area contributed by atoms with Crippen LogP contribution in [0.2, 0.25) is 5.15 Å². The molecule has 164 valence electrons. The summed E-state index contributed by atoms with van der Waals surface area (Å²) >= 11 is 6.20. The van der Waals surface area contributed by atoms with Gasteiger partial charge in [-0.05, 0) is 25.7 Å². The number of carbonyl (C=O) groups is 1. The van der Waals surface area contributed by atoms with Gasteiger partial charge in [-0.25, -0.2) is 15.0 Å². The Kier molecular flexibility index (Phi) is 5.27. The number of ether oxygens (including phenoxy) is 2. The first kappa shape index (κ1) is 20.5. The molecule has 2 aromatic rings. The lowest BCUT2D eigenvalue weighted by atomic mass is 9.57. The van der Waals surface area contributed by atoms with E-state index in [-0.39, 0.29) is 16.8 Å². The molecular weight excluding hydrogens is 422 g/mol. The van der Waals surface area contributed by atoms with Gasteiger partial charge in [-0.15, -0.1) is 0 Å². The number of ketones is 1. The van der Waals surface area contributed by atoms with Crippen molar-refractivity contribution in [2.24, 2.45) is 16.5 Å². The van der Waals surface area contributed by atoms with Gasteiger partial charge < -0.3 is 14.7 Å². The molecule has 5 rings (SSSR count). The van der Waals surface area contributed by atoms with Crippen molar-refractivity contribution < 1.29 is 19.5 Å². The van der Waals surface area contributed by atoms with Crippen molar-refractivity contribution in [3.8, 4) is 5.82 Å². The molecule has 0 aromatic carbocycles. The van der Waals surface area contributed by atoms with Crippen LogP contribution in [0.3, 0.4) is 0 Å². The van der Waals surface area contributed by atoms with Crippen LogP contribution in [-0.2, 0) is 9.47 Å². The molecule has 1 saturated heterocycles. The number of halogens is 1. The van der Waals surface area contributed by atoms with Crippen LogP contribution in [0, 0.1) is 11.3 Å². The lowest BCUT2D eigenvalue weighted by molar-refractivity contribution is -0.238. The number of oxime groups is 1. The third kappa shape index (κ3) is 3.26. The van der Waals surface area contributed by atoms with Gasteiger partial charge in [0.2, 0.25) is 5.78 Å². The van der Waals surface area contributed by atoms with Crippen LogP contribution in [0.15, 0.2) is 29.9 Å². The molecule has 10 heteroatoms. The number of fused-ring (bicyclic) bond motifs is 1. The number of hydrogen-bond acceptors (Lipinski definition) is 8. The van der Waals surface area contributed by atoms with Crippen molar-refractivity contribution in [3.05, 3.63) is 35.8 Å². The molecule has 9 nitrogen and oxygen atoms in total. The molecule has 3 aliphatic rings.